The van der Waals surface area contributed by atoms with Crippen molar-refractivity contribution in [3.05, 3.63) is 6.92 Å². The van der Waals surface area contributed by atoms with Crippen LogP contribution in [0.4, 0.5) is 8.78 Å². The van der Waals surface area contributed by atoms with Gasteiger partial charge in [0.1, 0.15) is 0 Å². The molecule has 0 aromatic rings. The Balaban J connectivity index is 2.46. The highest BCUT2D eigenvalue weighted by Crippen LogP contribution is 2.37. The molecule has 1 rings (SSSR count). The van der Waals surface area contributed by atoms with Crippen LogP contribution in [0.2, 0.25) is 0 Å². The maximum absolute atomic E-state index is 12.4. The van der Waals surface area contributed by atoms with Crippen LogP contribution < -0.4 is 0 Å². The number of aliphatic hydroxyl groups is 1. The minimum absolute atomic E-state index is 0.111. The lowest BCUT2D eigenvalue weighted by Crippen LogP contribution is -2.35. The van der Waals surface area contributed by atoms with Crippen molar-refractivity contribution >= 4 is 0 Å². The zero-order chi connectivity index (χ0) is 7.83. The molecule has 0 heterocycles. The van der Waals surface area contributed by atoms with Crippen LogP contribution >= 0.6 is 0 Å². The smallest absolute Gasteiger partial charge is 0.248 e. The molecular formula is C7H11F2O. The number of hydrogen-bond acceptors (Lipinski definition) is 1. The van der Waals surface area contributed by atoms with Gasteiger partial charge in [0.2, 0.25) is 5.92 Å². The Morgan fingerprint density at radius 3 is 1.80 bits per heavy atom. The van der Waals surface area contributed by atoms with Gasteiger partial charge in [-0.05, 0) is 19.8 Å². The predicted octanol–water partition coefficient (Wildman–Crippen LogP) is 1.76. The molecule has 0 aromatic heterocycles. The lowest BCUT2D eigenvalue weighted by molar-refractivity contribution is -0.0865. The van der Waals surface area contributed by atoms with Crippen molar-refractivity contribution < 1.29 is 13.9 Å². The van der Waals surface area contributed by atoms with Crippen molar-refractivity contribution in [1.82, 2.24) is 0 Å². The monoisotopic (exact) mass is 149 g/mol. The number of hydrogen-bond donors (Lipinski definition) is 1. The highest BCUT2D eigenvalue weighted by atomic mass is 19.3. The minimum atomic E-state index is -2.57. The van der Waals surface area contributed by atoms with E-state index in [-0.39, 0.29) is 25.7 Å². The van der Waals surface area contributed by atoms with E-state index >= 15 is 0 Å². The van der Waals surface area contributed by atoms with E-state index in [2.05, 4.69) is 6.92 Å². The van der Waals surface area contributed by atoms with Gasteiger partial charge in [0.15, 0.2) is 0 Å². The van der Waals surface area contributed by atoms with Gasteiger partial charge in [-0.15, -0.1) is 0 Å². The molecule has 0 aromatic carbocycles. The van der Waals surface area contributed by atoms with Crippen LogP contribution in [0.5, 0.6) is 0 Å². The average molecular weight is 149 g/mol. The Morgan fingerprint density at radius 2 is 1.50 bits per heavy atom. The topological polar surface area (TPSA) is 20.2 Å². The third kappa shape index (κ3) is 1.90. The van der Waals surface area contributed by atoms with E-state index in [0.717, 1.165) is 0 Å². The molecule has 1 aliphatic carbocycles. The van der Waals surface area contributed by atoms with Gasteiger partial charge < -0.3 is 5.11 Å². The van der Waals surface area contributed by atoms with E-state index in [0.29, 0.717) is 0 Å². The van der Waals surface area contributed by atoms with E-state index in [1.165, 1.54) is 0 Å². The third-order valence-electron chi connectivity index (χ3n) is 1.91. The van der Waals surface area contributed by atoms with E-state index in [1.807, 2.05) is 0 Å². The van der Waals surface area contributed by atoms with Crippen molar-refractivity contribution in [3.63, 3.8) is 0 Å². The highest BCUT2D eigenvalue weighted by Gasteiger charge is 2.39. The maximum Gasteiger partial charge on any atom is 0.248 e. The first-order chi connectivity index (χ1) is 4.41. The van der Waals surface area contributed by atoms with Crippen LogP contribution in [-0.4, -0.2) is 16.6 Å². The molecule has 0 saturated heterocycles. The molecular weight excluding hydrogens is 138 g/mol. The second kappa shape index (κ2) is 2.16. The summed E-state index contributed by atoms with van der Waals surface area (Å²) in [4.78, 5) is 0. The molecule has 0 unspecified atom stereocenters. The molecule has 10 heavy (non-hydrogen) atoms. The van der Waals surface area contributed by atoms with E-state index in [1.54, 1.807) is 0 Å². The molecule has 1 nitrogen and oxygen atoms in total. The molecule has 59 valence electrons. The van der Waals surface area contributed by atoms with Crippen molar-refractivity contribution in [1.29, 1.82) is 0 Å². The molecule has 1 saturated carbocycles. The molecule has 1 aliphatic rings. The molecule has 0 amide bonds. The number of halogens is 2. The molecule has 0 atom stereocenters. The molecule has 1 radical (unpaired) electrons. The summed E-state index contributed by atoms with van der Waals surface area (Å²) < 4.78 is 24.8. The SMILES string of the molecule is [CH2]C1(O)CCC(F)(F)CC1. The van der Waals surface area contributed by atoms with Crippen LogP contribution in [-0.2, 0) is 0 Å². The van der Waals surface area contributed by atoms with Crippen LogP contribution in [0.15, 0.2) is 0 Å². The van der Waals surface area contributed by atoms with E-state index < -0.39 is 11.5 Å². The Hall–Kier alpha value is -0.180. The van der Waals surface area contributed by atoms with Gasteiger partial charge in [-0.25, -0.2) is 8.78 Å². The van der Waals surface area contributed by atoms with Crippen molar-refractivity contribution in [2.24, 2.45) is 0 Å². The minimum Gasteiger partial charge on any atom is -0.390 e. The second-order valence-corrected chi connectivity index (χ2v) is 3.08. The zero-order valence-electron chi connectivity index (χ0n) is 5.74. The Bertz CT molecular complexity index is 104. The van der Waals surface area contributed by atoms with Gasteiger partial charge in [-0.3, -0.25) is 0 Å². The Morgan fingerprint density at radius 1 is 1.10 bits per heavy atom. The third-order valence-corrected chi connectivity index (χ3v) is 1.91. The lowest BCUT2D eigenvalue weighted by atomic mass is 9.84. The predicted molar refractivity (Wildman–Crippen MR) is 33.7 cm³/mol. The van der Waals surface area contributed by atoms with Crippen molar-refractivity contribution in [3.8, 4) is 0 Å². The molecule has 0 bridgehead atoms. The van der Waals surface area contributed by atoms with Gasteiger partial charge >= 0.3 is 0 Å². The maximum atomic E-state index is 12.4. The number of rotatable bonds is 0. The average Bonchev–Trinajstić information content (AvgIpc) is 1.79. The fourth-order valence-electron chi connectivity index (χ4n) is 1.08. The molecule has 1 N–H and O–H groups in total. The van der Waals surface area contributed by atoms with E-state index in [4.69, 9.17) is 5.11 Å². The van der Waals surface area contributed by atoms with Gasteiger partial charge in [0, 0.05) is 12.8 Å². The summed E-state index contributed by atoms with van der Waals surface area (Å²) in [6.45, 7) is 3.42. The lowest BCUT2D eigenvalue weighted by Gasteiger charge is -2.32. The Kier molecular flexibility index (Phi) is 1.71. The van der Waals surface area contributed by atoms with Crippen LogP contribution in [0, 0.1) is 6.92 Å². The van der Waals surface area contributed by atoms with E-state index in [9.17, 15) is 8.78 Å². The standard InChI is InChI=1S/C7H11F2O/c1-6(10)2-4-7(8,9)5-3-6/h10H,1-5H2. The van der Waals surface area contributed by atoms with Crippen molar-refractivity contribution in [2.45, 2.75) is 37.2 Å². The first kappa shape index (κ1) is 7.92. The molecule has 1 fully saturated rings. The summed E-state index contributed by atoms with van der Waals surface area (Å²) >= 11 is 0. The molecule has 0 spiro atoms. The largest absolute Gasteiger partial charge is 0.390 e. The van der Waals surface area contributed by atoms with Crippen LogP contribution in [0.1, 0.15) is 25.7 Å². The second-order valence-electron chi connectivity index (χ2n) is 3.08. The highest BCUT2D eigenvalue weighted by molar-refractivity contribution is 4.90. The molecule has 3 heteroatoms. The summed E-state index contributed by atoms with van der Waals surface area (Å²) in [6, 6.07) is 0. The van der Waals surface area contributed by atoms with Gasteiger partial charge in [-0.1, -0.05) is 0 Å². The zero-order valence-corrected chi connectivity index (χ0v) is 5.74. The van der Waals surface area contributed by atoms with Crippen LogP contribution in [0.3, 0.4) is 0 Å². The summed E-state index contributed by atoms with van der Waals surface area (Å²) in [7, 11) is 0. The summed E-state index contributed by atoms with van der Waals surface area (Å²) in [5, 5.41) is 9.16. The van der Waals surface area contributed by atoms with Gasteiger partial charge in [0.05, 0.1) is 5.60 Å². The fraction of sp³-hybridized carbons (Fsp3) is 0.857. The normalized spacial score (nSPS) is 30.0. The van der Waals surface area contributed by atoms with Gasteiger partial charge in [-0.2, -0.15) is 0 Å². The summed E-state index contributed by atoms with van der Waals surface area (Å²) in [5.41, 5.74) is -1.10. The first-order valence-electron chi connectivity index (χ1n) is 3.37. The fourth-order valence-corrected chi connectivity index (χ4v) is 1.08. The summed E-state index contributed by atoms with van der Waals surface area (Å²) in [6.07, 6.45) is -0.236. The summed E-state index contributed by atoms with van der Waals surface area (Å²) in [5.74, 6) is -2.57. The van der Waals surface area contributed by atoms with Gasteiger partial charge in [0.25, 0.3) is 0 Å². The first-order valence-corrected chi connectivity index (χ1v) is 3.37. The van der Waals surface area contributed by atoms with Crippen molar-refractivity contribution in [2.75, 3.05) is 0 Å². The molecule has 0 aliphatic heterocycles. The Labute approximate surface area is 59.0 Å². The quantitative estimate of drug-likeness (QED) is 0.556. The van der Waals surface area contributed by atoms with Crippen LogP contribution in [0.25, 0.3) is 0 Å². The number of alkyl halides is 2.